The van der Waals surface area contributed by atoms with Gasteiger partial charge in [-0.3, -0.25) is 0 Å². The minimum Gasteiger partial charge on any atom is -0.383 e. The zero-order valence-corrected chi connectivity index (χ0v) is 9.18. The molecule has 2 rings (SSSR count). The van der Waals surface area contributed by atoms with Gasteiger partial charge < -0.3 is 10.6 Å². The van der Waals surface area contributed by atoms with Crippen molar-refractivity contribution < 1.29 is 0 Å². The molecular formula is C7H9N5S2. The zero-order chi connectivity index (χ0) is 9.97. The number of hydrogen-bond donors (Lipinski definition) is 1. The summed E-state index contributed by atoms with van der Waals surface area (Å²) >= 11 is 2.80. The van der Waals surface area contributed by atoms with Crippen LogP contribution in [0, 0.1) is 0 Å². The van der Waals surface area contributed by atoms with Crippen molar-refractivity contribution >= 4 is 33.9 Å². The van der Waals surface area contributed by atoms with Gasteiger partial charge in [-0.25, -0.2) is 0 Å². The highest BCUT2D eigenvalue weighted by atomic mass is 32.1. The number of anilines is 2. The smallest absolute Gasteiger partial charge is 0.139 e. The molecule has 0 aliphatic carbocycles. The molecule has 0 saturated heterocycles. The first-order chi connectivity index (χ1) is 6.75. The quantitative estimate of drug-likeness (QED) is 0.853. The molecule has 0 saturated carbocycles. The van der Waals surface area contributed by atoms with Gasteiger partial charge in [-0.2, -0.15) is 4.37 Å². The van der Waals surface area contributed by atoms with Crippen LogP contribution >= 0.6 is 23.1 Å². The molecule has 0 aliphatic rings. The van der Waals surface area contributed by atoms with Crippen LogP contribution in [0.15, 0.2) is 12.3 Å². The summed E-state index contributed by atoms with van der Waals surface area (Å²) < 4.78 is 7.82. The van der Waals surface area contributed by atoms with Crippen LogP contribution in [-0.4, -0.2) is 21.0 Å². The van der Waals surface area contributed by atoms with Gasteiger partial charge in [-0.15, -0.1) is 5.10 Å². The summed E-state index contributed by atoms with van der Waals surface area (Å²) in [5, 5.41) is 4.83. The Kier molecular flexibility index (Phi) is 2.60. The van der Waals surface area contributed by atoms with Crippen LogP contribution in [0.1, 0.15) is 4.88 Å². The van der Waals surface area contributed by atoms with Crippen molar-refractivity contribution in [2.75, 3.05) is 17.7 Å². The minimum absolute atomic E-state index is 0.569. The van der Waals surface area contributed by atoms with E-state index in [2.05, 4.69) is 18.9 Å². The maximum atomic E-state index is 5.54. The molecular weight excluding hydrogens is 218 g/mol. The second kappa shape index (κ2) is 3.89. The molecule has 0 spiro atoms. The Morgan fingerprint density at radius 1 is 1.50 bits per heavy atom. The van der Waals surface area contributed by atoms with E-state index in [9.17, 15) is 0 Å². The number of rotatable bonds is 3. The summed E-state index contributed by atoms with van der Waals surface area (Å²) in [7, 11) is 1.99. The fraction of sp³-hybridized carbons (Fsp3) is 0.286. The Morgan fingerprint density at radius 2 is 2.36 bits per heavy atom. The molecule has 14 heavy (non-hydrogen) atoms. The van der Waals surface area contributed by atoms with E-state index in [1.807, 2.05) is 13.1 Å². The molecule has 0 aromatic carbocycles. The average molecular weight is 227 g/mol. The first-order valence-corrected chi connectivity index (χ1v) is 5.50. The molecule has 0 atom stereocenters. The summed E-state index contributed by atoms with van der Waals surface area (Å²) in [5.41, 5.74) is 5.54. The number of nitrogens with two attached hydrogens (primary N) is 1. The third kappa shape index (κ3) is 1.99. The van der Waals surface area contributed by atoms with Crippen molar-refractivity contribution in [3.63, 3.8) is 0 Å². The van der Waals surface area contributed by atoms with E-state index in [1.165, 1.54) is 23.1 Å². The highest BCUT2D eigenvalue weighted by Gasteiger charge is 2.06. The van der Waals surface area contributed by atoms with Crippen LogP contribution in [0.2, 0.25) is 0 Å². The van der Waals surface area contributed by atoms with Gasteiger partial charge in [0.2, 0.25) is 0 Å². The summed E-state index contributed by atoms with van der Waals surface area (Å²) in [6.45, 7) is 0.791. The lowest BCUT2D eigenvalue weighted by Gasteiger charge is -2.13. The third-order valence-corrected chi connectivity index (χ3v) is 3.26. The molecule has 2 heterocycles. The lowest BCUT2D eigenvalue weighted by Crippen LogP contribution is -2.13. The van der Waals surface area contributed by atoms with Gasteiger partial charge in [0, 0.05) is 13.1 Å². The normalized spacial score (nSPS) is 10.4. The van der Waals surface area contributed by atoms with E-state index in [-0.39, 0.29) is 0 Å². The van der Waals surface area contributed by atoms with E-state index in [0.29, 0.717) is 5.82 Å². The molecule has 2 N–H and O–H groups in total. The second-order valence-corrected chi connectivity index (χ2v) is 4.48. The van der Waals surface area contributed by atoms with E-state index in [4.69, 9.17) is 5.73 Å². The van der Waals surface area contributed by atoms with Crippen LogP contribution in [-0.2, 0) is 6.54 Å². The molecule has 0 radical (unpaired) electrons. The molecule has 0 aliphatic heterocycles. The molecule has 74 valence electrons. The third-order valence-electron chi connectivity index (χ3n) is 1.69. The van der Waals surface area contributed by atoms with E-state index in [1.54, 1.807) is 6.20 Å². The Morgan fingerprint density at radius 3 is 2.93 bits per heavy atom. The average Bonchev–Trinajstić information content (AvgIpc) is 2.75. The van der Waals surface area contributed by atoms with Crippen LogP contribution in [0.4, 0.5) is 10.8 Å². The summed E-state index contributed by atoms with van der Waals surface area (Å²) in [4.78, 5) is 3.20. The minimum atomic E-state index is 0.569. The van der Waals surface area contributed by atoms with Gasteiger partial charge in [0.05, 0.1) is 17.6 Å². The number of hydrogen-bond acceptors (Lipinski definition) is 7. The molecule has 0 amide bonds. The number of aromatic nitrogens is 3. The number of nitrogens with zero attached hydrogens (tertiary/aromatic N) is 4. The van der Waals surface area contributed by atoms with Crippen LogP contribution < -0.4 is 10.6 Å². The van der Waals surface area contributed by atoms with Crippen molar-refractivity contribution in [3.05, 3.63) is 17.1 Å². The molecule has 0 unspecified atom stereocenters. The first kappa shape index (κ1) is 9.35. The fourth-order valence-electron chi connectivity index (χ4n) is 1.03. The summed E-state index contributed by atoms with van der Waals surface area (Å²) in [6.07, 6.45) is 1.77. The SMILES string of the molecule is CN(Cc1cnns1)c1cc(N)ns1. The van der Waals surface area contributed by atoms with Crippen molar-refractivity contribution in [1.29, 1.82) is 0 Å². The molecule has 0 bridgehead atoms. The van der Waals surface area contributed by atoms with Crippen molar-refractivity contribution in [2.45, 2.75) is 6.54 Å². The maximum absolute atomic E-state index is 5.54. The lowest BCUT2D eigenvalue weighted by atomic mass is 10.5. The van der Waals surface area contributed by atoms with Crippen LogP contribution in [0.5, 0.6) is 0 Å². The first-order valence-electron chi connectivity index (χ1n) is 3.95. The van der Waals surface area contributed by atoms with Gasteiger partial charge in [0.15, 0.2) is 0 Å². The van der Waals surface area contributed by atoms with Gasteiger partial charge >= 0.3 is 0 Å². The molecule has 2 aromatic rings. The predicted molar refractivity (Wildman–Crippen MR) is 58.5 cm³/mol. The van der Waals surface area contributed by atoms with Crippen molar-refractivity contribution in [1.82, 2.24) is 14.0 Å². The topological polar surface area (TPSA) is 67.9 Å². The second-order valence-electron chi connectivity index (χ2n) is 2.83. The van der Waals surface area contributed by atoms with Gasteiger partial charge in [-0.05, 0) is 23.1 Å². The predicted octanol–water partition coefficient (Wildman–Crippen LogP) is 1.21. The lowest BCUT2D eigenvalue weighted by molar-refractivity contribution is 0.948. The fourth-order valence-corrected chi connectivity index (χ4v) is 2.20. The van der Waals surface area contributed by atoms with Crippen LogP contribution in [0.3, 0.4) is 0 Å². The van der Waals surface area contributed by atoms with E-state index in [0.717, 1.165) is 16.4 Å². The van der Waals surface area contributed by atoms with Crippen molar-refractivity contribution in [2.24, 2.45) is 0 Å². The Balaban J connectivity index is 2.06. The summed E-state index contributed by atoms with van der Waals surface area (Å²) in [6, 6.07) is 1.86. The van der Waals surface area contributed by atoms with Gasteiger partial charge in [-0.1, -0.05) is 4.49 Å². The monoisotopic (exact) mass is 227 g/mol. The largest absolute Gasteiger partial charge is 0.383 e. The zero-order valence-electron chi connectivity index (χ0n) is 7.54. The van der Waals surface area contributed by atoms with Crippen molar-refractivity contribution in [3.8, 4) is 0 Å². The van der Waals surface area contributed by atoms with Crippen LogP contribution in [0.25, 0.3) is 0 Å². The van der Waals surface area contributed by atoms with E-state index < -0.39 is 0 Å². The Labute approximate surface area is 89.5 Å². The Hall–Kier alpha value is -1.21. The van der Waals surface area contributed by atoms with Gasteiger partial charge in [0.1, 0.15) is 10.8 Å². The molecule has 0 fully saturated rings. The van der Waals surface area contributed by atoms with Gasteiger partial charge in [0.25, 0.3) is 0 Å². The Bertz CT molecular complexity index is 396. The molecule has 5 nitrogen and oxygen atoms in total. The standard InChI is InChI=1S/C7H9N5S2/c1-12(4-5-3-9-11-13-5)7-2-6(8)10-14-7/h2-3H,4H2,1H3,(H2,8,10). The molecule has 7 heteroatoms. The highest BCUT2D eigenvalue weighted by Crippen LogP contribution is 2.23. The number of nitrogen functional groups attached to an aromatic ring is 1. The molecule has 2 aromatic heterocycles. The summed E-state index contributed by atoms with van der Waals surface area (Å²) in [5.74, 6) is 0.569. The maximum Gasteiger partial charge on any atom is 0.139 e. The van der Waals surface area contributed by atoms with E-state index >= 15 is 0 Å². The highest BCUT2D eigenvalue weighted by molar-refractivity contribution is 7.10.